The predicted molar refractivity (Wildman–Crippen MR) is 72.9 cm³/mol. The number of hydrogen-bond donors (Lipinski definition) is 1. The van der Waals surface area contributed by atoms with Crippen molar-refractivity contribution in [2.75, 3.05) is 26.9 Å². The van der Waals surface area contributed by atoms with Crippen LogP contribution in [0.15, 0.2) is 18.2 Å². The van der Waals surface area contributed by atoms with Gasteiger partial charge < -0.3 is 14.8 Å². The van der Waals surface area contributed by atoms with Crippen molar-refractivity contribution >= 4 is 0 Å². The molecular weight excluding hydrogens is 245 g/mol. The minimum atomic E-state index is -0.223. The first kappa shape index (κ1) is 14.3. The zero-order valence-corrected chi connectivity index (χ0v) is 11.6. The maximum Gasteiger partial charge on any atom is 0.131 e. The van der Waals surface area contributed by atoms with Crippen molar-refractivity contribution in [3.63, 3.8) is 0 Å². The van der Waals surface area contributed by atoms with Gasteiger partial charge in [-0.15, -0.1) is 0 Å². The lowest BCUT2D eigenvalue weighted by atomic mass is 10.0. The molecule has 0 radical (unpaired) electrons. The predicted octanol–water partition coefficient (Wildman–Crippen LogP) is 2.91. The summed E-state index contributed by atoms with van der Waals surface area (Å²) in [5.74, 6) is 0.896. The molecule has 1 saturated heterocycles. The van der Waals surface area contributed by atoms with E-state index in [1.807, 2.05) is 6.92 Å². The molecule has 0 aromatic heterocycles. The summed E-state index contributed by atoms with van der Waals surface area (Å²) < 4.78 is 24.6. The van der Waals surface area contributed by atoms with Crippen LogP contribution in [0, 0.1) is 11.7 Å². The van der Waals surface area contributed by atoms with E-state index >= 15 is 0 Å². The number of benzene rings is 1. The van der Waals surface area contributed by atoms with Crippen molar-refractivity contribution in [1.82, 2.24) is 5.32 Å². The van der Waals surface area contributed by atoms with Crippen molar-refractivity contribution in [2.24, 2.45) is 5.92 Å². The van der Waals surface area contributed by atoms with Crippen LogP contribution in [0.5, 0.6) is 5.75 Å². The zero-order chi connectivity index (χ0) is 13.7. The number of nitrogens with one attached hydrogen (secondary N) is 1. The van der Waals surface area contributed by atoms with Gasteiger partial charge in [-0.05, 0) is 37.8 Å². The average Bonchev–Trinajstić information content (AvgIpc) is 2.45. The maximum absolute atomic E-state index is 13.9. The van der Waals surface area contributed by atoms with E-state index in [4.69, 9.17) is 9.47 Å². The summed E-state index contributed by atoms with van der Waals surface area (Å²) in [7, 11) is 1.57. The molecule has 2 unspecified atom stereocenters. The van der Waals surface area contributed by atoms with Gasteiger partial charge in [-0.1, -0.05) is 6.07 Å². The molecule has 1 heterocycles. The number of rotatable bonds is 5. The summed E-state index contributed by atoms with van der Waals surface area (Å²) in [6, 6.07) is 4.86. The Balaban J connectivity index is 1.97. The lowest BCUT2D eigenvalue weighted by Crippen LogP contribution is -2.31. The van der Waals surface area contributed by atoms with Gasteiger partial charge in [0.2, 0.25) is 0 Å². The summed E-state index contributed by atoms with van der Waals surface area (Å²) in [6.45, 7) is 4.48. The highest BCUT2D eigenvalue weighted by Crippen LogP contribution is 2.27. The second-order valence-electron chi connectivity index (χ2n) is 5.07. The summed E-state index contributed by atoms with van der Waals surface area (Å²) in [4.78, 5) is 0. The van der Waals surface area contributed by atoms with Gasteiger partial charge >= 0.3 is 0 Å². The summed E-state index contributed by atoms with van der Waals surface area (Å²) >= 11 is 0. The SMILES string of the molecule is COc1cccc(F)c1C(C)NCC1CCCOC1. The van der Waals surface area contributed by atoms with E-state index in [1.165, 1.54) is 12.5 Å². The van der Waals surface area contributed by atoms with Crippen LogP contribution in [0.25, 0.3) is 0 Å². The van der Waals surface area contributed by atoms with E-state index < -0.39 is 0 Å². The number of ether oxygens (including phenoxy) is 2. The fraction of sp³-hybridized carbons (Fsp3) is 0.600. The molecule has 0 amide bonds. The molecule has 0 saturated carbocycles. The number of halogens is 1. The Morgan fingerprint density at radius 3 is 3.05 bits per heavy atom. The van der Waals surface area contributed by atoms with E-state index in [0.29, 0.717) is 17.2 Å². The Labute approximate surface area is 114 Å². The Morgan fingerprint density at radius 1 is 1.53 bits per heavy atom. The highest BCUT2D eigenvalue weighted by Gasteiger charge is 2.19. The third kappa shape index (κ3) is 3.67. The van der Waals surface area contributed by atoms with Gasteiger partial charge in [0.25, 0.3) is 0 Å². The first-order chi connectivity index (χ1) is 9.22. The highest BCUT2D eigenvalue weighted by molar-refractivity contribution is 5.36. The monoisotopic (exact) mass is 267 g/mol. The molecule has 1 aromatic carbocycles. The van der Waals surface area contributed by atoms with Crippen LogP contribution in [0.2, 0.25) is 0 Å². The highest BCUT2D eigenvalue weighted by atomic mass is 19.1. The molecule has 0 spiro atoms. The molecule has 19 heavy (non-hydrogen) atoms. The quantitative estimate of drug-likeness (QED) is 0.889. The van der Waals surface area contributed by atoms with Crippen molar-refractivity contribution < 1.29 is 13.9 Å². The fourth-order valence-corrected chi connectivity index (χ4v) is 2.53. The normalized spacial score (nSPS) is 21.1. The maximum atomic E-state index is 13.9. The number of methoxy groups -OCH3 is 1. The van der Waals surface area contributed by atoms with Crippen LogP contribution in [-0.2, 0) is 4.74 Å². The first-order valence-electron chi connectivity index (χ1n) is 6.86. The Hall–Kier alpha value is -1.13. The Kier molecular flexibility index (Phi) is 5.16. The summed E-state index contributed by atoms with van der Waals surface area (Å²) in [6.07, 6.45) is 2.29. The van der Waals surface area contributed by atoms with Gasteiger partial charge in [0.1, 0.15) is 11.6 Å². The van der Waals surface area contributed by atoms with Crippen molar-refractivity contribution in [2.45, 2.75) is 25.8 Å². The molecule has 1 fully saturated rings. The summed E-state index contributed by atoms with van der Waals surface area (Å²) in [5.41, 5.74) is 0.599. The molecule has 1 aliphatic heterocycles. The molecular formula is C15H22FNO2. The fourth-order valence-electron chi connectivity index (χ4n) is 2.53. The molecule has 0 bridgehead atoms. The lowest BCUT2D eigenvalue weighted by molar-refractivity contribution is 0.0539. The van der Waals surface area contributed by atoms with Crippen LogP contribution in [0.1, 0.15) is 31.4 Å². The minimum Gasteiger partial charge on any atom is -0.496 e. The number of hydrogen-bond acceptors (Lipinski definition) is 3. The molecule has 1 aromatic rings. The van der Waals surface area contributed by atoms with Crippen LogP contribution in [-0.4, -0.2) is 26.9 Å². The van der Waals surface area contributed by atoms with Crippen molar-refractivity contribution in [1.29, 1.82) is 0 Å². The topological polar surface area (TPSA) is 30.5 Å². The van der Waals surface area contributed by atoms with Gasteiger partial charge in [-0.3, -0.25) is 0 Å². The second-order valence-corrected chi connectivity index (χ2v) is 5.07. The van der Waals surface area contributed by atoms with E-state index in [9.17, 15) is 4.39 Å². The van der Waals surface area contributed by atoms with Gasteiger partial charge in [-0.25, -0.2) is 4.39 Å². The molecule has 0 aliphatic carbocycles. The summed E-state index contributed by atoms with van der Waals surface area (Å²) in [5, 5.41) is 3.38. The third-order valence-corrected chi connectivity index (χ3v) is 3.63. The van der Waals surface area contributed by atoms with Crippen LogP contribution >= 0.6 is 0 Å². The molecule has 2 atom stereocenters. The molecule has 1 aliphatic rings. The Morgan fingerprint density at radius 2 is 2.37 bits per heavy atom. The minimum absolute atomic E-state index is 0.0712. The molecule has 4 heteroatoms. The van der Waals surface area contributed by atoms with Crippen LogP contribution in [0.3, 0.4) is 0 Å². The van der Waals surface area contributed by atoms with Gasteiger partial charge in [0.15, 0.2) is 0 Å². The molecule has 3 nitrogen and oxygen atoms in total. The van der Waals surface area contributed by atoms with E-state index in [2.05, 4.69) is 5.32 Å². The smallest absolute Gasteiger partial charge is 0.131 e. The van der Waals surface area contributed by atoms with Crippen molar-refractivity contribution in [3.05, 3.63) is 29.6 Å². The standard InChI is InChI=1S/C15H22FNO2/c1-11(17-9-12-5-4-8-19-10-12)15-13(16)6-3-7-14(15)18-2/h3,6-7,11-12,17H,4-5,8-10H2,1-2H3. The lowest BCUT2D eigenvalue weighted by Gasteiger charge is -2.25. The first-order valence-corrected chi connectivity index (χ1v) is 6.86. The average molecular weight is 267 g/mol. The van der Waals surface area contributed by atoms with Gasteiger partial charge in [0.05, 0.1) is 13.7 Å². The molecule has 1 N–H and O–H groups in total. The molecule has 2 rings (SSSR count). The van der Waals surface area contributed by atoms with E-state index in [0.717, 1.165) is 26.2 Å². The second kappa shape index (κ2) is 6.87. The van der Waals surface area contributed by atoms with Gasteiger partial charge in [-0.2, -0.15) is 0 Å². The van der Waals surface area contributed by atoms with Crippen LogP contribution < -0.4 is 10.1 Å². The third-order valence-electron chi connectivity index (χ3n) is 3.63. The van der Waals surface area contributed by atoms with Gasteiger partial charge in [0, 0.05) is 24.8 Å². The van der Waals surface area contributed by atoms with E-state index in [-0.39, 0.29) is 11.9 Å². The van der Waals surface area contributed by atoms with Crippen LogP contribution in [0.4, 0.5) is 4.39 Å². The van der Waals surface area contributed by atoms with Crippen molar-refractivity contribution in [3.8, 4) is 5.75 Å². The van der Waals surface area contributed by atoms with E-state index in [1.54, 1.807) is 19.2 Å². The Bertz CT molecular complexity index is 405. The zero-order valence-electron chi connectivity index (χ0n) is 11.6. The largest absolute Gasteiger partial charge is 0.496 e. The molecule has 106 valence electrons.